The van der Waals surface area contributed by atoms with Crippen molar-refractivity contribution in [2.24, 2.45) is 4.99 Å². The van der Waals surface area contributed by atoms with Crippen LogP contribution in [0.5, 0.6) is 0 Å². The summed E-state index contributed by atoms with van der Waals surface area (Å²) in [6, 6.07) is 0. The van der Waals surface area contributed by atoms with Crippen LogP contribution in [0.25, 0.3) is 0 Å². The number of allylic oxidation sites excluding steroid dienone is 2. The third kappa shape index (κ3) is 3.99. The van der Waals surface area contributed by atoms with Gasteiger partial charge in [-0.3, -0.25) is 15.3 Å². The fourth-order valence-corrected chi connectivity index (χ4v) is 2.98. The van der Waals surface area contributed by atoms with E-state index in [1.165, 1.54) is 0 Å². The molecule has 3 aliphatic rings. The highest BCUT2D eigenvalue weighted by Gasteiger charge is 2.50. The molecule has 2 fully saturated rings. The normalized spacial score (nSPS) is 36.2. The lowest BCUT2D eigenvalue weighted by atomic mass is 10.1. The molecular formula is C16H24N2O5. The summed E-state index contributed by atoms with van der Waals surface area (Å²) in [7, 11) is 0. The number of aliphatic imine (C=N–C) groups is 1. The first-order valence-corrected chi connectivity index (χ1v) is 7.80. The molecule has 1 N–H and O–H groups in total. The van der Waals surface area contributed by atoms with Crippen LogP contribution in [0.4, 0.5) is 0 Å². The van der Waals surface area contributed by atoms with E-state index in [4.69, 9.17) is 18.9 Å². The van der Waals surface area contributed by atoms with Gasteiger partial charge in [0.05, 0.1) is 25.0 Å². The van der Waals surface area contributed by atoms with Gasteiger partial charge in [0, 0.05) is 6.21 Å². The van der Waals surface area contributed by atoms with Gasteiger partial charge in [-0.2, -0.15) is 0 Å². The molecule has 7 heteroatoms. The zero-order valence-electron chi connectivity index (χ0n) is 13.9. The van der Waals surface area contributed by atoms with Crippen molar-refractivity contribution in [2.45, 2.75) is 57.6 Å². The minimum Gasteiger partial charge on any atom is -0.348 e. The van der Waals surface area contributed by atoms with Crippen molar-refractivity contribution in [3.8, 4) is 0 Å². The van der Waals surface area contributed by atoms with Gasteiger partial charge in [0.15, 0.2) is 11.6 Å². The van der Waals surface area contributed by atoms with Gasteiger partial charge in [-0.1, -0.05) is 0 Å². The molecule has 2 saturated heterocycles. The molecular weight excluding hydrogens is 300 g/mol. The molecule has 0 radical (unpaired) electrons. The third-order valence-electron chi connectivity index (χ3n) is 3.84. The summed E-state index contributed by atoms with van der Waals surface area (Å²) in [5.74, 6) is -1.36. The SMILES string of the molecule is CC1(C)OC[C@H]([C@H]2OC(C)(C)O[C@@H]2CN(O)/C=C2\C=CC=N2)O1. The van der Waals surface area contributed by atoms with Crippen molar-refractivity contribution >= 4 is 6.21 Å². The number of hydrogen-bond acceptors (Lipinski definition) is 7. The predicted octanol–water partition coefficient (Wildman–Crippen LogP) is 1.83. The lowest BCUT2D eigenvalue weighted by Crippen LogP contribution is -2.42. The highest BCUT2D eigenvalue weighted by molar-refractivity contribution is 5.76. The topological polar surface area (TPSA) is 72.8 Å². The number of hydroxylamine groups is 2. The van der Waals surface area contributed by atoms with E-state index in [1.54, 1.807) is 12.4 Å². The molecule has 0 saturated carbocycles. The summed E-state index contributed by atoms with van der Waals surface area (Å²) in [5.41, 5.74) is 0.684. The lowest BCUT2D eigenvalue weighted by molar-refractivity contribution is -0.175. The van der Waals surface area contributed by atoms with E-state index in [-0.39, 0.29) is 24.9 Å². The number of ether oxygens (including phenoxy) is 4. The summed E-state index contributed by atoms with van der Waals surface area (Å²) in [5, 5.41) is 11.2. The molecule has 128 valence electrons. The Kier molecular flexibility index (Phi) is 4.33. The smallest absolute Gasteiger partial charge is 0.163 e. The Morgan fingerprint density at radius 2 is 2.04 bits per heavy atom. The molecule has 3 heterocycles. The highest BCUT2D eigenvalue weighted by atomic mass is 16.8. The van der Waals surface area contributed by atoms with Crippen molar-refractivity contribution < 1.29 is 24.2 Å². The molecule has 0 aliphatic carbocycles. The molecule has 0 unspecified atom stereocenters. The van der Waals surface area contributed by atoms with E-state index < -0.39 is 11.6 Å². The van der Waals surface area contributed by atoms with Crippen LogP contribution in [0, 0.1) is 0 Å². The quantitative estimate of drug-likeness (QED) is 0.796. The fourth-order valence-electron chi connectivity index (χ4n) is 2.98. The summed E-state index contributed by atoms with van der Waals surface area (Å²) in [6.45, 7) is 8.14. The van der Waals surface area contributed by atoms with Crippen LogP contribution in [0.3, 0.4) is 0 Å². The van der Waals surface area contributed by atoms with Crippen LogP contribution in [-0.4, -0.2) is 59.5 Å². The van der Waals surface area contributed by atoms with Crippen LogP contribution >= 0.6 is 0 Å². The molecule has 3 atom stereocenters. The van der Waals surface area contributed by atoms with E-state index in [1.807, 2.05) is 39.8 Å². The Morgan fingerprint density at radius 3 is 2.65 bits per heavy atom. The molecule has 0 aromatic carbocycles. The number of rotatable bonds is 4. The molecule has 7 nitrogen and oxygen atoms in total. The highest BCUT2D eigenvalue weighted by Crippen LogP contribution is 2.35. The zero-order chi connectivity index (χ0) is 16.7. The van der Waals surface area contributed by atoms with Gasteiger partial charge in [-0.25, -0.2) is 0 Å². The van der Waals surface area contributed by atoms with Crippen molar-refractivity contribution in [3.63, 3.8) is 0 Å². The molecule has 0 aromatic rings. The Hall–Kier alpha value is -1.25. The van der Waals surface area contributed by atoms with E-state index in [0.29, 0.717) is 12.3 Å². The largest absolute Gasteiger partial charge is 0.348 e. The molecule has 0 spiro atoms. The standard InChI is InChI=1S/C16H24N2O5/c1-15(2)20-10-13(22-15)14-12(21-16(3,4)23-14)9-18(19)8-11-6-5-7-17-11/h5-8,12-14,19H,9-10H2,1-4H3/b11-8+/t12-,13-,14+/m1/s1. The van der Waals surface area contributed by atoms with Crippen LogP contribution in [0.2, 0.25) is 0 Å². The Labute approximate surface area is 136 Å². The average Bonchev–Trinajstić information content (AvgIpc) is 3.10. The van der Waals surface area contributed by atoms with Crippen LogP contribution < -0.4 is 0 Å². The maximum Gasteiger partial charge on any atom is 0.163 e. The maximum atomic E-state index is 10.1. The number of nitrogens with zero attached hydrogens (tertiary/aromatic N) is 2. The first-order valence-electron chi connectivity index (χ1n) is 7.80. The van der Waals surface area contributed by atoms with Gasteiger partial charge in [0.2, 0.25) is 0 Å². The van der Waals surface area contributed by atoms with Gasteiger partial charge in [-0.05, 0) is 39.8 Å². The zero-order valence-corrected chi connectivity index (χ0v) is 13.9. The fraction of sp³-hybridized carbons (Fsp3) is 0.688. The van der Waals surface area contributed by atoms with Gasteiger partial charge in [0.25, 0.3) is 0 Å². The minimum atomic E-state index is -0.731. The van der Waals surface area contributed by atoms with E-state index in [9.17, 15) is 5.21 Å². The second-order valence-electron chi connectivity index (χ2n) is 6.82. The second kappa shape index (κ2) is 5.99. The Bertz CT molecular complexity index is 527. The summed E-state index contributed by atoms with van der Waals surface area (Å²) in [4.78, 5) is 4.10. The van der Waals surface area contributed by atoms with E-state index in [2.05, 4.69) is 4.99 Å². The first kappa shape index (κ1) is 16.6. The van der Waals surface area contributed by atoms with Gasteiger partial charge >= 0.3 is 0 Å². The Morgan fingerprint density at radius 1 is 1.26 bits per heavy atom. The van der Waals surface area contributed by atoms with Crippen LogP contribution in [0.1, 0.15) is 27.7 Å². The molecule has 3 rings (SSSR count). The molecule has 0 bridgehead atoms. The van der Waals surface area contributed by atoms with Gasteiger partial charge < -0.3 is 18.9 Å². The molecule has 0 aromatic heterocycles. The first-order chi connectivity index (χ1) is 10.7. The van der Waals surface area contributed by atoms with E-state index >= 15 is 0 Å². The van der Waals surface area contributed by atoms with Crippen LogP contribution in [0.15, 0.2) is 29.0 Å². The van der Waals surface area contributed by atoms with Crippen molar-refractivity contribution in [1.29, 1.82) is 0 Å². The average molecular weight is 324 g/mol. The van der Waals surface area contributed by atoms with E-state index in [0.717, 1.165) is 5.06 Å². The molecule has 23 heavy (non-hydrogen) atoms. The second-order valence-corrected chi connectivity index (χ2v) is 6.82. The van der Waals surface area contributed by atoms with Crippen molar-refractivity contribution in [1.82, 2.24) is 5.06 Å². The van der Waals surface area contributed by atoms with Crippen LogP contribution in [-0.2, 0) is 18.9 Å². The monoisotopic (exact) mass is 324 g/mol. The minimum absolute atomic E-state index is 0.234. The summed E-state index contributed by atoms with van der Waals surface area (Å²) in [6.07, 6.45) is 5.96. The summed E-state index contributed by atoms with van der Waals surface area (Å²) < 4.78 is 23.4. The number of hydrogen-bond donors (Lipinski definition) is 1. The maximum absolute atomic E-state index is 10.1. The van der Waals surface area contributed by atoms with Crippen molar-refractivity contribution in [3.05, 3.63) is 24.0 Å². The lowest BCUT2D eigenvalue weighted by Gasteiger charge is -2.25. The third-order valence-corrected chi connectivity index (χ3v) is 3.84. The molecule has 0 amide bonds. The van der Waals surface area contributed by atoms with Gasteiger partial charge in [0.1, 0.15) is 18.3 Å². The van der Waals surface area contributed by atoms with Gasteiger partial charge in [-0.15, -0.1) is 0 Å². The Balaban J connectivity index is 1.67. The summed E-state index contributed by atoms with van der Waals surface area (Å²) >= 11 is 0. The van der Waals surface area contributed by atoms with Crippen molar-refractivity contribution in [2.75, 3.05) is 13.2 Å². The molecule has 3 aliphatic heterocycles. The predicted molar refractivity (Wildman–Crippen MR) is 82.9 cm³/mol.